The lowest BCUT2D eigenvalue weighted by Gasteiger charge is -2.24. The molecular formula is C12H19N5O2. The molecule has 0 aliphatic heterocycles. The molecule has 104 valence electrons. The largest absolute Gasteiger partial charge is 0.388 e. The van der Waals surface area contributed by atoms with E-state index in [1.165, 1.54) is 6.20 Å². The first-order chi connectivity index (χ1) is 9.04. The van der Waals surface area contributed by atoms with Gasteiger partial charge in [-0.05, 0) is 12.1 Å². The predicted molar refractivity (Wildman–Crippen MR) is 73.4 cm³/mol. The average molecular weight is 265 g/mol. The summed E-state index contributed by atoms with van der Waals surface area (Å²) in [6.45, 7) is 1.74. The number of primary amides is 1. The number of amidine groups is 1. The highest BCUT2D eigenvalue weighted by Gasteiger charge is 2.10. The van der Waals surface area contributed by atoms with E-state index in [1.54, 1.807) is 19.2 Å². The van der Waals surface area contributed by atoms with E-state index in [4.69, 9.17) is 21.6 Å². The normalized spacial score (nSPS) is 10.2. The fourth-order valence-corrected chi connectivity index (χ4v) is 1.58. The molecule has 19 heavy (non-hydrogen) atoms. The van der Waals surface area contributed by atoms with Crippen molar-refractivity contribution in [2.75, 3.05) is 31.7 Å². The zero-order valence-electron chi connectivity index (χ0n) is 10.9. The number of ether oxygens (including phenoxy) is 1. The smallest absolute Gasteiger partial charge is 0.267 e. The van der Waals surface area contributed by atoms with Crippen molar-refractivity contribution >= 4 is 17.4 Å². The van der Waals surface area contributed by atoms with Gasteiger partial charge in [0.05, 0.1) is 12.4 Å². The molecule has 0 radical (unpaired) electrons. The minimum absolute atomic E-state index is 0.117. The number of amides is 1. The van der Waals surface area contributed by atoms with Crippen LogP contribution < -0.4 is 16.4 Å². The molecule has 0 atom stereocenters. The third kappa shape index (κ3) is 4.92. The van der Waals surface area contributed by atoms with Crippen LogP contribution in [-0.2, 0) is 4.74 Å². The van der Waals surface area contributed by atoms with Gasteiger partial charge < -0.3 is 21.1 Å². The first kappa shape index (κ1) is 14.9. The molecule has 1 aromatic heterocycles. The second-order valence-electron chi connectivity index (χ2n) is 4.02. The van der Waals surface area contributed by atoms with Gasteiger partial charge in [0.2, 0.25) is 0 Å². The summed E-state index contributed by atoms with van der Waals surface area (Å²) in [5, 5.41) is 7.27. The van der Waals surface area contributed by atoms with Gasteiger partial charge in [-0.2, -0.15) is 0 Å². The molecule has 1 rings (SSSR count). The molecule has 0 unspecified atom stereocenters. The Morgan fingerprint density at radius 3 is 2.79 bits per heavy atom. The molecule has 0 aromatic carbocycles. The lowest BCUT2D eigenvalue weighted by molar-refractivity contribution is 0.0995. The number of pyridine rings is 1. The van der Waals surface area contributed by atoms with Crippen molar-refractivity contribution < 1.29 is 9.53 Å². The number of rotatable bonds is 8. The summed E-state index contributed by atoms with van der Waals surface area (Å²) in [7, 11) is 1.62. The Balaban J connectivity index is 2.85. The van der Waals surface area contributed by atoms with E-state index in [0.29, 0.717) is 26.1 Å². The molecule has 1 aromatic rings. The highest BCUT2D eigenvalue weighted by atomic mass is 16.5. The molecule has 7 heteroatoms. The SMILES string of the molecule is COCCN(CCC(=N)N)c1ccnc(C(N)=O)c1. The van der Waals surface area contributed by atoms with E-state index in [0.717, 1.165) is 5.69 Å². The van der Waals surface area contributed by atoms with Gasteiger partial charge in [-0.15, -0.1) is 0 Å². The second-order valence-corrected chi connectivity index (χ2v) is 4.02. The predicted octanol–water partition coefficient (Wildman–Crippen LogP) is -0.0406. The summed E-state index contributed by atoms with van der Waals surface area (Å²) in [5.41, 5.74) is 11.6. The van der Waals surface area contributed by atoms with Crippen LogP contribution in [0, 0.1) is 5.41 Å². The maximum absolute atomic E-state index is 11.1. The van der Waals surface area contributed by atoms with Crippen LogP contribution in [0.3, 0.4) is 0 Å². The molecule has 1 heterocycles. The Morgan fingerprint density at radius 1 is 1.47 bits per heavy atom. The molecule has 0 saturated carbocycles. The van der Waals surface area contributed by atoms with E-state index >= 15 is 0 Å². The summed E-state index contributed by atoms with van der Waals surface area (Å²) in [5.74, 6) is -0.452. The van der Waals surface area contributed by atoms with Gasteiger partial charge in [0, 0.05) is 38.5 Å². The molecular weight excluding hydrogens is 246 g/mol. The third-order valence-electron chi connectivity index (χ3n) is 2.58. The van der Waals surface area contributed by atoms with Gasteiger partial charge in [0.1, 0.15) is 5.69 Å². The Labute approximate surface area is 112 Å². The summed E-state index contributed by atoms with van der Waals surface area (Å²) >= 11 is 0. The Bertz CT molecular complexity index is 450. The number of anilines is 1. The Kier molecular flexibility index (Phi) is 5.74. The van der Waals surface area contributed by atoms with Crippen LogP contribution in [0.2, 0.25) is 0 Å². The zero-order valence-corrected chi connectivity index (χ0v) is 10.9. The maximum atomic E-state index is 11.1. The molecule has 7 nitrogen and oxygen atoms in total. The van der Waals surface area contributed by atoms with Crippen LogP contribution in [0.25, 0.3) is 0 Å². The molecule has 0 aliphatic rings. The molecule has 5 N–H and O–H groups in total. The van der Waals surface area contributed by atoms with Crippen LogP contribution in [-0.4, -0.2) is 43.5 Å². The number of hydrogen-bond acceptors (Lipinski definition) is 5. The van der Waals surface area contributed by atoms with Crippen molar-refractivity contribution in [1.82, 2.24) is 4.98 Å². The lowest BCUT2D eigenvalue weighted by atomic mass is 10.2. The standard InChI is InChI=1S/C12H19N5O2/c1-19-7-6-17(5-3-11(13)14)9-2-4-16-10(8-9)12(15)18/h2,4,8H,3,5-7H2,1H3,(H3,13,14)(H2,15,18). The highest BCUT2D eigenvalue weighted by Crippen LogP contribution is 2.14. The Hall–Kier alpha value is -2.15. The summed E-state index contributed by atoms with van der Waals surface area (Å²) < 4.78 is 5.04. The van der Waals surface area contributed by atoms with Crippen molar-refractivity contribution in [3.05, 3.63) is 24.0 Å². The number of aromatic nitrogens is 1. The summed E-state index contributed by atoms with van der Waals surface area (Å²) in [4.78, 5) is 17.0. The number of nitrogens with two attached hydrogens (primary N) is 2. The monoisotopic (exact) mass is 265 g/mol. The van der Waals surface area contributed by atoms with Gasteiger partial charge in [-0.3, -0.25) is 15.2 Å². The van der Waals surface area contributed by atoms with Gasteiger partial charge in [-0.25, -0.2) is 0 Å². The third-order valence-corrected chi connectivity index (χ3v) is 2.58. The van der Waals surface area contributed by atoms with Crippen molar-refractivity contribution in [2.24, 2.45) is 11.5 Å². The van der Waals surface area contributed by atoms with E-state index < -0.39 is 5.91 Å². The van der Waals surface area contributed by atoms with Gasteiger partial charge in [-0.1, -0.05) is 0 Å². The van der Waals surface area contributed by atoms with E-state index in [9.17, 15) is 4.79 Å². The molecule has 0 fully saturated rings. The van der Waals surface area contributed by atoms with Crippen LogP contribution in [0.4, 0.5) is 5.69 Å². The number of hydrogen-bond donors (Lipinski definition) is 3. The van der Waals surface area contributed by atoms with Crippen molar-refractivity contribution in [3.63, 3.8) is 0 Å². The summed E-state index contributed by atoms with van der Waals surface area (Å²) in [6, 6.07) is 3.40. The second kappa shape index (κ2) is 7.32. The van der Waals surface area contributed by atoms with Gasteiger partial charge in [0.15, 0.2) is 0 Å². The van der Waals surface area contributed by atoms with E-state index in [-0.39, 0.29) is 11.5 Å². The summed E-state index contributed by atoms with van der Waals surface area (Å²) in [6.07, 6.45) is 1.97. The number of nitrogens with zero attached hydrogens (tertiary/aromatic N) is 2. The number of carbonyl (C=O) groups is 1. The Morgan fingerprint density at radius 2 is 2.21 bits per heavy atom. The highest BCUT2D eigenvalue weighted by molar-refractivity contribution is 5.91. The molecule has 0 aliphatic carbocycles. The fourth-order valence-electron chi connectivity index (χ4n) is 1.58. The van der Waals surface area contributed by atoms with Crippen LogP contribution in [0.15, 0.2) is 18.3 Å². The number of nitrogens with one attached hydrogen (secondary N) is 1. The van der Waals surface area contributed by atoms with Crippen molar-refractivity contribution in [3.8, 4) is 0 Å². The molecule has 0 saturated heterocycles. The quantitative estimate of drug-likeness (QED) is 0.450. The first-order valence-corrected chi connectivity index (χ1v) is 5.87. The van der Waals surface area contributed by atoms with E-state index in [1.807, 2.05) is 4.90 Å². The first-order valence-electron chi connectivity index (χ1n) is 5.87. The lowest BCUT2D eigenvalue weighted by Crippen LogP contribution is -2.31. The minimum Gasteiger partial charge on any atom is -0.388 e. The zero-order chi connectivity index (χ0) is 14.3. The van der Waals surface area contributed by atoms with Crippen LogP contribution in [0.5, 0.6) is 0 Å². The van der Waals surface area contributed by atoms with Crippen molar-refractivity contribution in [1.29, 1.82) is 5.41 Å². The molecule has 0 bridgehead atoms. The van der Waals surface area contributed by atoms with Crippen LogP contribution in [0.1, 0.15) is 16.9 Å². The number of carbonyl (C=O) groups excluding carboxylic acids is 1. The molecule has 0 spiro atoms. The fraction of sp³-hybridized carbons (Fsp3) is 0.417. The van der Waals surface area contributed by atoms with Gasteiger partial charge >= 0.3 is 0 Å². The van der Waals surface area contributed by atoms with Crippen molar-refractivity contribution in [2.45, 2.75) is 6.42 Å². The topological polar surface area (TPSA) is 118 Å². The average Bonchev–Trinajstić information content (AvgIpc) is 2.38. The number of methoxy groups -OCH3 is 1. The minimum atomic E-state index is -0.569. The maximum Gasteiger partial charge on any atom is 0.267 e. The van der Waals surface area contributed by atoms with Crippen LogP contribution >= 0.6 is 0 Å². The van der Waals surface area contributed by atoms with E-state index in [2.05, 4.69) is 4.98 Å². The van der Waals surface area contributed by atoms with Gasteiger partial charge in [0.25, 0.3) is 5.91 Å². The molecule has 1 amide bonds.